The molecule has 0 fully saturated rings. The largest absolute Gasteiger partial charge is 0.494 e. The van der Waals surface area contributed by atoms with E-state index in [2.05, 4.69) is 37.9 Å². The van der Waals surface area contributed by atoms with E-state index in [-0.39, 0.29) is 0 Å². The Balaban J connectivity index is 1.50. The summed E-state index contributed by atoms with van der Waals surface area (Å²) < 4.78 is 11.2. The van der Waals surface area contributed by atoms with Gasteiger partial charge in [0.1, 0.15) is 11.5 Å². The van der Waals surface area contributed by atoms with Crippen LogP contribution in [0.5, 0.6) is 11.5 Å². The summed E-state index contributed by atoms with van der Waals surface area (Å²) in [6, 6.07) is 22.8. The highest BCUT2D eigenvalue weighted by Gasteiger charge is 2.09. The Morgan fingerprint density at radius 2 is 1.53 bits per heavy atom. The third-order valence-electron chi connectivity index (χ3n) is 5.88. The van der Waals surface area contributed by atoms with Crippen molar-refractivity contribution in [1.82, 2.24) is 0 Å². The van der Waals surface area contributed by atoms with Gasteiger partial charge in [0.15, 0.2) is 0 Å². The first-order valence-electron chi connectivity index (χ1n) is 12.3. The number of carbonyl (C=O) groups excluding carboxylic acids is 1. The van der Waals surface area contributed by atoms with Crippen molar-refractivity contribution in [3.8, 4) is 11.5 Å². The van der Waals surface area contributed by atoms with Crippen LogP contribution in [0.3, 0.4) is 0 Å². The highest BCUT2D eigenvalue weighted by atomic mass is 16.5. The molecule has 0 aromatic heterocycles. The Labute approximate surface area is 203 Å². The molecule has 4 heteroatoms. The van der Waals surface area contributed by atoms with Gasteiger partial charge in [-0.25, -0.2) is 4.79 Å². The highest BCUT2D eigenvalue weighted by molar-refractivity contribution is 5.91. The van der Waals surface area contributed by atoms with Crippen LogP contribution in [0.4, 0.5) is 5.69 Å². The van der Waals surface area contributed by atoms with Crippen molar-refractivity contribution in [3.05, 3.63) is 89.5 Å². The van der Waals surface area contributed by atoms with Crippen molar-refractivity contribution in [1.29, 1.82) is 0 Å². The predicted molar refractivity (Wildman–Crippen MR) is 140 cm³/mol. The molecule has 0 aliphatic rings. The average molecular weight is 458 g/mol. The average Bonchev–Trinajstić information content (AvgIpc) is 2.88. The fourth-order valence-electron chi connectivity index (χ4n) is 3.47. The van der Waals surface area contributed by atoms with Crippen LogP contribution >= 0.6 is 0 Å². The molecule has 0 heterocycles. The molecule has 1 atom stereocenters. The van der Waals surface area contributed by atoms with E-state index < -0.39 is 5.97 Å². The molecule has 0 amide bonds. The number of benzene rings is 3. The molecule has 0 aliphatic heterocycles. The van der Waals surface area contributed by atoms with Gasteiger partial charge in [-0.15, -0.1) is 0 Å². The van der Waals surface area contributed by atoms with Gasteiger partial charge < -0.3 is 9.47 Å². The Bertz CT molecular complexity index is 1040. The van der Waals surface area contributed by atoms with Crippen LogP contribution in [0.15, 0.2) is 77.8 Å². The van der Waals surface area contributed by atoms with Gasteiger partial charge in [-0.2, -0.15) is 0 Å². The maximum atomic E-state index is 12.5. The highest BCUT2D eigenvalue weighted by Crippen LogP contribution is 2.22. The van der Waals surface area contributed by atoms with Gasteiger partial charge in [0.2, 0.25) is 0 Å². The van der Waals surface area contributed by atoms with Crippen molar-refractivity contribution < 1.29 is 14.3 Å². The molecular formula is C30H35NO3. The number of nitrogens with zero attached hydrogens (tertiary/aromatic N) is 1. The van der Waals surface area contributed by atoms with Gasteiger partial charge in [-0.05, 0) is 90.6 Å². The minimum atomic E-state index is -0.391. The quantitative estimate of drug-likeness (QED) is 0.119. The molecule has 0 saturated carbocycles. The predicted octanol–water partition coefficient (Wildman–Crippen LogP) is 8.13. The molecule has 0 radical (unpaired) electrons. The first-order valence-corrected chi connectivity index (χ1v) is 12.3. The molecule has 3 aromatic carbocycles. The lowest BCUT2D eigenvalue weighted by Gasteiger charge is -2.08. The van der Waals surface area contributed by atoms with Crippen LogP contribution in [-0.4, -0.2) is 18.8 Å². The van der Waals surface area contributed by atoms with Crippen molar-refractivity contribution in [2.45, 2.75) is 58.8 Å². The van der Waals surface area contributed by atoms with Gasteiger partial charge in [0.05, 0.1) is 17.9 Å². The topological polar surface area (TPSA) is 47.9 Å². The van der Waals surface area contributed by atoms with Gasteiger partial charge in [0.25, 0.3) is 0 Å². The van der Waals surface area contributed by atoms with Crippen LogP contribution < -0.4 is 9.47 Å². The number of hydrogen-bond donors (Lipinski definition) is 0. The summed E-state index contributed by atoms with van der Waals surface area (Å²) in [4.78, 5) is 17.0. The summed E-state index contributed by atoms with van der Waals surface area (Å²) in [5, 5.41) is 0. The van der Waals surface area contributed by atoms with Gasteiger partial charge in [-0.3, -0.25) is 4.99 Å². The van der Waals surface area contributed by atoms with Crippen molar-refractivity contribution in [3.63, 3.8) is 0 Å². The molecule has 34 heavy (non-hydrogen) atoms. The van der Waals surface area contributed by atoms with Crippen molar-refractivity contribution in [2.75, 3.05) is 6.61 Å². The van der Waals surface area contributed by atoms with E-state index in [0.29, 0.717) is 23.8 Å². The Kier molecular flexibility index (Phi) is 9.90. The fraction of sp³-hybridized carbons (Fsp3) is 0.333. The minimum Gasteiger partial charge on any atom is -0.494 e. The van der Waals surface area contributed by atoms with E-state index in [1.165, 1.54) is 24.8 Å². The number of esters is 1. The first-order chi connectivity index (χ1) is 16.6. The number of carbonyl (C=O) groups is 1. The first kappa shape index (κ1) is 25.2. The van der Waals surface area contributed by atoms with E-state index in [0.717, 1.165) is 29.8 Å². The van der Waals surface area contributed by atoms with Crippen LogP contribution in [0.2, 0.25) is 0 Å². The molecule has 4 nitrogen and oxygen atoms in total. The number of aliphatic imine (C=N–C) groups is 1. The summed E-state index contributed by atoms with van der Waals surface area (Å²) >= 11 is 0. The molecule has 0 N–H and O–H groups in total. The lowest BCUT2D eigenvalue weighted by atomic mass is 9.99. The maximum Gasteiger partial charge on any atom is 0.343 e. The van der Waals surface area contributed by atoms with Gasteiger partial charge in [-0.1, -0.05) is 52.2 Å². The zero-order valence-electron chi connectivity index (χ0n) is 20.5. The summed E-state index contributed by atoms with van der Waals surface area (Å²) in [6.07, 6.45) is 7.59. The van der Waals surface area contributed by atoms with E-state index in [1.807, 2.05) is 42.6 Å². The fourth-order valence-corrected chi connectivity index (χ4v) is 3.47. The second-order valence-electron chi connectivity index (χ2n) is 8.55. The number of rotatable bonds is 12. The maximum absolute atomic E-state index is 12.5. The van der Waals surface area contributed by atoms with E-state index in [1.54, 1.807) is 24.3 Å². The zero-order valence-corrected chi connectivity index (χ0v) is 20.5. The minimum absolute atomic E-state index is 0.391. The summed E-state index contributed by atoms with van der Waals surface area (Å²) in [6.45, 7) is 7.31. The van der Waals surface area contributed by atoms with Crippen LogP contribution in [0, 0.1) is 0 Å². The van der Waals surface area contributed by atoms with E-state index in [9.17, 15) is 4.79 Å². The van der Waals surface area contributed by atoms with Gasteiger partial charge in [0, 0.05) is 6.21 Å². The summed E-state index contributed by atoms with van der Waals surface area (Å²) in [5.41, 5.74) is 3.67. The molecule has 178 valence electrons. The molecule has 0 unspecified atom stereocenters. The van der Waals surface area contributed by atoms with Crippen molar-refractivity contribution >= 4 is 17.9 Å². The number of hydrogen-bond acceptors (Lipinski definition) is 4. The summed E-state index contributed by atoms with van der Waals surface area (Å²) in [7, 11) is 0. The SMILES string of the molecule is CCCCCCOc1ccc(C(=O)Oc2ccc(C=Nc3ccc([C@@H](C)CC)cc3)cc2)cc1. The lowest BCUT2D eigenvalue weighted by molar-refractivity contribution is 0.0734. The third-order valence-corrected chi connectivity index (χ3v) is 5.88. The molecular weight excluding hydrogens is 422 g/mol. The van der Waals surface area contributed by atoms with Gasteiger partial charge >= 0.3 is 5.97 Å². The molecule has 0 saturated heterocycles. The standard InChI is InChI=1S/C30H35NO3/c1-4-6-7-8-21-33-28-19-13-26(14-20-28)30(32)34-29-17-9-24(10-18-29)22-31-27-15-11-25(12-16-27)23(3)5-2/h9-20,22-23H,4-8,21H2,1-3H3/t23-/m0/s1. The number of ether oxygens (including phenoxy) is 2. The van der Waals surface area contributed by atoms with E-state index in [4.69, 9.17) is 9.47 Å². The molecule has 0 bridgehead atoms. The monoisotopic (exact) mass is 457 g/mol. The molecule has 0 aliphatic carbocycles. The van der Waals surface area contributed by atoms with Crippen LogP contribution in [0.1, 0.15) is 80.3 Å². The smallest absolute Gasteiger partial charge is 0.343 e. The second kappa shape index (κ2) is 13.3. The molecule has 3 aromatic rings. The Morgan fingerprint density at radius 3 is 2.18 bits per heavy atom. The Morgan fingerprint density at radius 1 is 0.853 bits per heavy atom. The molecule has 3 rings (SSSR count). The zero-order chi connectivity index (χ0) is 24.2. The van der Waals surface area contributed by atoms with Crippen molar-refractivity contribution in [2.24, 2.45) is 4.99 Å². The second-order valence-corrected chi connectivity index (χ2v) is 8.55. The Hall–Kier alpha value is -3.40. The normalized spacial score (nSPS) is 12.0. The lowest BCUT2D eigenvalue weighted by Crippen LogP contribution is -2.08. The third kappa shape index (κ3) is 7.87. The van der Waals surface area contributed by atoms with E-state index >= 15 is 0 Å². The number of unbranched alkanes of at least 4 members (excludes halogenated alkanes) is 3. The van der Waals surface area contributed by atoms with Crippen LogP contribution in [-0.2, 0) is 0 Å². The van der Waals surface area contributed by atoms with Crippen LogP contribution in [0.25, 0.3) is 0 Å². The molecule has 0 spiro atoms. The summed E-state index contributed by atoms with van der Waals surface area (Å²) in [5.74, 6) is 1.43.